The first kappa shape index (κ1) is 17.0. The van der Waals surface area contributed by atoms with Crippen LogP contribution in [0, 0.1) is 0 Å². The second kappa shape index (κ2) is 8.30. The number of nitrogens with one attached hydrogen (secondary N) is 1. The Kier molecular flexibility index (Phi) is 6.71. The number of nitrogens with zero attached hydrogens (tertiary/aromatic N) is 3. The summed E-state index contributed by atoms with van der Waals surface area (Å²) < 4.78 is 3.16. The lowest BCUT2D eigenvalue weighted by atomic mass is 10.0. The van der Waals surface area contributed by atoms with Gasteiger partial charge in [0.15, 0.2) is 0 Å². The van der Waals surface area contributed by atoms with Gasteiger partial charge in [-0.3, -0.25) is 4.68 Å². The summed E-state index contributed by atoms with van der Waals surface area (Å²) in [5.41, 5.74) is 2.40. The summed E-state index contributed by atoms with van der Waals surface area (Å²) in [6.45, 7) is 8.98. The fourth-order valence-corrected chi connectivity index (χ4v) is 3.87. The fraction of sp³-hybridized carbons (Fsp3) is 0.812. The Hall–Kier alpha value is -0.390. The van der Waals surface area contributed by atoms with Crippen LogP contribution in [0.5, 0.6) is 0 Å². The molecule has 2 heterocycles. The van der Waals surface area contributed by atoms with Crippen molar-refractivity contribution in [3.8, 4) is 0 Å². The second-order valence-corrected chi connectivity index (χ2v) is 6.89. The van der Waals surface area contributed by atoms with E-state index >= 15 is 0 Å². The van der Waals surface area contributed by atoms with Crippen LogP contribution in [0.25, 0.3) is 0 Å². The zero-order valence-corrected chi connectivity index (χ0v) is 15.2. The minimum absolute atomic E-state index is 0.775. The van der Waals surface area contributed by atoms with Gasteiger partial charge in [-0.25, -0.2) is 0 Å². The molecule has 1 N–H and O–H groups in total. The maximum atomic E-state index is 4.53. The molecule has 1 fully saturated rings. The van der Waals surface area contributed by atoms with E-state index in [0.717, 1.165) is 31.2 Å². The van der Waals surface area contributed by atoms with Gasteiger partial charge in [-0.15, -0.1) is 0 Å². The van der Waals surface area contributed by atoms with E-state index in [0.29, 0.717) is 0 Å². The van der Waals surface area contributed by atoms with Gasteiger partial charge >= 0.3 is 0 Å². The van der Waals surface area contributed by atoms with E-state index in [-0.39, 0.29) is 0 Å². The van der Waals surface area contributed by atoms with E-state index in [1.807, 2.05) is 11.7 Å². The molecule has 21 heavy (non-hydrogen) atoms. The lowest BCUT2D eigenvalue weighted by molar-refractivity contribution is 0.159. The minimum Gasteiger partial charge on any atom is -0.311 e. The van der Waals surface area contributed by atoms with Crippen molar-refractivity contribution in [1.82, 2.24) is 20.0 Å². The highest BCUT2D eigenvalue weighted by molar-refractivity contribution is 9.10. The molecule has 1 saturated heterocycles. The molecule has 1 atom stereocenters. The first-order valence-electron chi connectivity index (χ1n) is 8.28. The third-order valence-electron chi connectivity index (χ3n) is 4.53. The van der Waals surface area contributed by atoms with Crippen molar-refractivity contribution in [2.75, 3.05) is 19.6 Å². The quantitative estimate of drug-likeness (QED) is 0.762. The van der Waals surface area contributed by atoms with Crippen LogP contribution >= 0.6 is 15.9 Å². The fourth-order valence-electron chi connectivity index (χ4n) is 3.12. The minimum atomic E-state index is 0.775. The molecule has 4 nitrogen and oxygen atoms in total. The normalized spacial score (nSPS) is 20.1. The van der Waals surface area contributed by atoms with Crippen molar-refractivity contribution in [2.45, 2.75) is 58.5 Å². The van der Waals surface area contributed by atoms with Gasteiger partial charge in [-0.2, -0.15) is 5.10 Å². The molecule has 0 radical (unpaired) electrons. The van der Waals surface area contributed by atoms with Crippen LogP contribution < -0.4 is 5.32 Å². The highest BCUT2D eigenvalue weighted by atomic mass is 79.9. The summed E-state index contributed by atoms with van der Waals surface area (Å²) in [6, 6.07) is 0.775. The van der Waals surface area contributed by atoms with E-state index in [1.54, 1.807) is 0 Å². The third kappa shape index (κ3) is 4.54. The number of piperidine rings is 1. The van der Waals surface area contributed by atoms with E-state index in [1.165, 1.54) is 48.9 Å². The van der Waals surface area contributed by atoms with Crippen molar-refractivity contribution in [3.63, 3.8) is 0 Å². The molecule has 0 amide bonds. The molecule has 2 rings (SSSR count). The molecule has 0 bridgehead atoms. The Morgan fingerprint density at radius 1 is 1.38 bits per heavy atom. The van der Waals surface area contributed by atoms with Crippen LogP contribution in [0.1, 0.15) is 50.9 Å². The summed E-state index contributed by atoms with van der Waals surface area (Å²) in [4.78, 5) is 2.64. The van der Waals surface area contributed by atoms with Crippen molar-refractivity contribution in [1.29, 1.82) is 0 Å². The molecule has 1 aliphatic heterocycles. The van der Waals surface area contributed by atoms with E-state index in [4.69, 9.17) is 0 Å². The first-order chi connectivity index (χ1) is 10.1. The molecule has 0 aliphatic carbocycles. The van der Waals surface area contributed by atoms with Crippen molar-refractivity contribution in [2.24, 2.45) is 7.05 Å². The molecule has 0 saturated carbocycles. The second-order valence-electron chi connectivity index (χ2n) is 6.10. The molecule has 1 aromatic rings. The van der Waals surface area contributed by atoms with Gasteiger partial charge in [0.2, 0.25) is 0 Å². The lowest BCUT2D eigenvalue weighted by Gasteiger charge is -2.33. The molecule has 0 aromatic carbocycles. The van der Waals surface area contributed by atoms with Crippen LogP contribution in [0.3, 0.4) is 0 Å². The van der Waals surface area contributed by atoms with Crippen LogP contribution in [-0.2, 0) is 20.0 Å². The van der Waals surface area contributed by atoms with Gasteiger partial charge in [0, 0.05) is 19.6 Å². The number of likely N-dealkylation sites (tertiary alicyclic amines) is 1. The van der Waals surface area contributed by atoms with Gasteiger partial charge in [0.05, 0.1) is 15.9 Å². The van der Waals surface area contributed by atoms with Crippen molar-refractivity contribution in [3.05, 3.63) is 15.9 Å². The standard InChI is InChI=1S/C16H29BrN4/c1-4-14-16(17)15(20(3)19-14)12-18-9-7-11-21-10-6-5-8-13(21)2/h13,18H,4-12H2,1-3H3. The Morgan fingerprint density at radius 2 is 2.19 bits per heavy atom. The zero-order valence-electron chi connectivity index (χ0n) is 13.7. The maximum absolute atomic E-state index is 4.53. The van der Waals surface area contributed by atoms with Gasteiger partial charge < -0.3 is 10.2 Å². The average Bonchev–Trinajstić information content (AvgIpc) is 2.75. The SMILES string of the molecule is CCc1nn(C)c(CNCCCN2CCCCC2C)c1Br. The number of halogens is 1. The summed E-state index contributed by atoms with van der Waals surface area (Å²) in [5.74, 6) is 0. The Morgan fingerprint density at radius 3 is 2.86 bits per heavy atom. The van der Waals surface area contributed by atoms with E-state index < -0.39 is 0 Å². The molecule has 5 heteroatoms. The van der Waals surface area contributed by atoms with E-state index in [2.05, 4.69) is 45.1 Å². The lowest BCUT2D eigenvalue weighted by Crippen LogP contribution is -2.38. The topological polar surface area (TPSA) is 33.1 Å². The summed E-state index contributed by atoms with van der Waals surface area (Å²) in [6.07, 6.45) is 6.35. The molecule has 1 aliphatic rings. The molecule has 1 aromatic heterocycles. The molecule has 120 valence electrons. The summed E-state index contributed by atoms with van der Waals surface area (Å²) in [7, 11) is 2.02. The third-order valence-corrected chi connectivity index (χ3v) is 5.45. The van der Waals surface area contributed by atoms with Crippen molar-refractivity contribution < 1.29 is 0 Å². The number of rotatable bonds is 7. The average molecular weight is 357 g/mol. The predicted molar refractivity (Wildman–Crippen MR) is 91.5 cm³/mol. The zero-order chi connectivity index (χ0) is 15.2. The van der Waals surface area contributed by atoms with Crippen LogP contribution in [0.15, 0.2) is 4.47 Å². The Balaban J connectivity index is 1.69. The first-order valence-corrected chi connectivity index (χ1v) is 9.07. The monoisotopic (exact) mass is 356 g/mol. The highest BCUT2D eigenvalue weighted by Gasteiger charge is 2.17. The Bertz CT molecular complexity index is 444. The largest absolute Gasteiger partial charge is 0.311 e. The predicted octanol–water partition coefficient (Wildman–Crippen LogP) is 3.10. The van der Waals surface area contributed by atoms with Crippen LogP contribution in [0.2, 0.25) is 0 Å². The number of hydrogen-bond acceptors (Lipinski definition) is 3. The molecule has 0 spiro atoms. The summed E-state index contributed by atoms with van der Waals surface area (Å²) in [5, 5.41) is 8.09. The smallest absolute Gasteiger partial charge is 0.0767 e. The summed E-state index contributed by atoms with van der Waals surface area (Å²) >= 11 is 3.67. The van der Waals surface area contributed by atoms with Crippen LogP contribution in [-0.4, -0.2) is 40.4 Å². The van der Waals surface area contributed by atoms with Crippen molar-refractivity contribution >= 4 is 15.9 Å². The van der Waals surface area contributed by atoms with Gasteiger partial charge in [-0.1, -0.05) is 13.3 Å². The molecular formula is C16H29BrN4. The van der Waals surface area contributed by atoms with Crippen LogP contribution in [0.4, 0.5) is 0 Å². The van der Waals surface area contributed by atoms with E-state index in [9.17, 15) is 0 Å². The molecule has 1 unspecified atom stereocenters. The number of hydrogen-bond donors (Lipinski definition) is 1. The van der Waals surface area contributed by atoms with Gasteiger partial charge in [0.25, 0.3) is 0 Å². The van der Waals surface area contributed by atoms with Gasteiger partial charge in [0.1, 0.15) is 0 Å². The number of aromatic nitrogens is 2. The maximum Gasteiger partial charge on any atom is 0.0767 e. The molecular weight excluding hydrogens is 328 g/mol. The number of aryl methyl sites for hydroxylation is 2. The van der Waals surface area contributed by atoms with Gasteiger partial charge in [-0.05, 0) is 68.2 Å². The highest BCUT2D eigenvalue weighted by Crippen LogP contribution is 2.21. The Labute approximate surface area is 137 Å².